The van der Waals surface area contributed by atoms with Crippen LogP contribution in [0.2, 0.25) is 0 Å². The topological polar surface area (TPSA) is 117 Å². The molecule has 9 heteroatoms. The number of hydrogen-bond acceptors (Lipinski definition) is 8. The van der Waals surface area contributed by atoms with Gasteiger partial charge in [-0.15, -0.1) is 0 Å². The van der Waals surface area contributed by atoms with Crippen molar-refractivity contribution in [2.75, 3.05) is 11.9 Å². The summed E-state index contributed by atoms with van der Waals surface area (Å²) in [4.78, 5) is 9.04. The summed E-state index contributed by atoms with van der Waals surface area (Å²) in [6.45, 7) is 5.16. The molecule has 4 aromatic heterocycles. The van der Waals surface area contributed by atoms with Crippen molar-refractivity contribution in [3.05, 3.63) is 48.1 Å². The van der Waals surface area contributed by atoms with Gasteiger partial charge >= 0.3 is 0 Å². The number of nitrogens with zero attached hydrogens (tertiary/aromatic N) is 6. The van der Waals surface area contributed by atoms with Crippen LogP contribution in [0, 0.1) is 11.3 Å². The highest BCUT2D eigenvalue weighted by atomic mass is 16.5. The molecule has 0 spiro atoms. The quantitative estimate of drug-likeness (QED) is 0.490. The van der Waals surface area contributed by atoms with E-state index in [1.54, 1.807) is 29.3 Å². The molecule has 4 aromatic rings. The summed E-state index contributed by atoms with van der Waals surface area (Å²) in [6, 6.07) is 8.23. The normalized spacial score (nSPS) is 16.4. The van der Waals surface area contributed by atoms with Crippen molar-refractivity contribution in [3.63, 3.8) is 0 Å². The maximum absolute atomic E-state index is 9.11. The van der Waals surface area contributed by atoms with Gasteiger partial charge in [0.15, 0.2) is 17.2 Å². The van der Waals surface area contributed by atoms with Crippen molar-refractivity contribution in [2.45, 2.75) is 45.2 Å². The van der Waals surface area contributed by atoms with Crippen LogP contribution in [0.25, 0.3) is 28.1 Å². The van der Waals surface area contributed by atoms with E-state index in [0.29, 0.717) is 17.0 Å². The standard InChI is InChI=1S/C23H24N8O/c1-14(2)29-19-9-22(31-23-16(12-28-31)7-15(10-24)11-27-23)26-13-17(19)20-8-21(32-30-20)18-5-3-4-6-25-18/h7-9,11-14,18,25H,3-6H2,1-2H3,(H,26,29)/t18-/m0/s1. The Morgan fingerprint density at radius 1 is 1.19 bits per heavy atom. The van der Waals surface area contributed by atoms with Gasteiger partial charge in [-0.2, -0.15) is 15.0 Å². The summed E-state index contributed by atoms with van der Waals surface area (Å²) >= 11 is 0. The Balaban J connectivity index is 1.53. The summed E-state index contributed by atoms with van der Waals surface area (Å²) < 4.78 is 7.35. The van der Waals surface area contributed by atoms with Gasteiger partial charge in [0.25, 0.3) is 0 Å². The molecule has 162 valence electrons. The third-order valence-electron chi connectivity index (χ3n) is 5.55. The molecule has 1 aliphatic rings. The predicted octanol–water partition coefficient (Wildman–Crippen LogP) is 3.98. The van der Waals surface area contributed by atoms with Crippen LogP contribution in [-0.4, -0.2) is 37.5 Å². The van der Waals surface area contributed by atoms with E-state index in [9.17, 15) is 0 Å². The molecule has 2 N–H and O–H groups in total. The van der Waals surface area contributed by atoms with Gasteiger partial charge in [-0.1, -0.05) is 11.6 Å². The molecular formula is C23H24N8O. The molecule has 0 amide bonds. The number of nitrogens with one attached hydrogen (secondary N) is 2. The van der Waals surface area contributed by atoms with Gasteiger partial charge in [0.2, 0.25) is 0 Å². The van der Waals surface area contributed by atoms with Crippen molar-refractivity contribution >= 4 is 16.7 Å². The minimum absolute atomic E-state index is 0.207. The van der Waals surface area contributed by atoms with Gasteiger partial charge in [-0.3, -0.25) is 0 Å². The molecule has 1 fully saturated rings. The van der Waals surface area contributed by atoms with Crippen molar-refractivity contribution < 1.29 is 4.52 Å². The molecular weight excluding hydrogens is 404 g/mol. The van der Waals surface area contributed by atoms with Crippen LogP contribution in [0.5, 0.6) is 0 Å². The molecule has 32 heavy (non-hydrogen) atoms. The Labute approximate surface area is 185 Å². The fourth-order valence-electron chi connectivity index (χ4n) is 4.02. The number of pyridine rings is 2. The minimum Gasteiger partial charge on any atom is -0.382 e. The Morgan fingerprint density at radius 2 is 2.09 bits per heavy atom. The predicted molar refractivity (Wildman–Crippen MR) is 120 cm³/mol. The second-order valence-corrected chi connectivity index (χ2v) is 8.31. The summed E-state index contributed by atoms with van der Waals surface area (Å²) in [5.74, 6) is 1.48. The first kappa shape index (κ1) is 20.2. The first-order valence-corrected chi connectivity index (χ1v) is 10.8. The molecule has 0 saturated carbocycles. The fourth-order valence-corrected chi connectivity index (χ4v) is 4.02. The smallest absolute Gasteiger partial charge is 0.164 e. The third-order valence-corrected chi connectivity index (χ3v) is 5.55. The van der Waals surface area contributed by atoms with Gasteiger partial charge in [-0.05, 0) is 39.3 Å². The summed E-state index contributed by atoms with van der Waals surface area (Å²) in [7, 11) is 0. The molecule has 9 nitrogen and oxygen atoms in total. The van der Waals surface area contributed by atoms with E-state index in [1.165, 1.54) is 12.8 Å². The molecule has 0 bridgehead atoms. The van der Waals surface area contributed by atoms with E-state index in [0.717, 1.165) is 41.1 Å². The zero-order chi connectivity index (χ0) is 22.1. The van der Waals surface area contributed by atoms with E-state index in [4.69, 9.17) is 9.78 Å². The molecule has 5 rings (SSSR count). The van der Waals surface area contributed by atoms with Crippen LogP contribution < -0.4 is 10.6 Å². The van der Waals surface area contributed by atoms with Gasteiger partial charge in [-0.25, -0.2) is 9.97 Å². The number of aromatic nitrogens is 5. The van der Waals surface area contributed by atoms with E-state index in [1.807, 2.05) is 12.1 Å². The Hall–Kier alpha value is -3.77. The number of hydrogen-bond donors (Lipinski definition) is 2. The summed E-state index contributed by atoms with van der Waals surface area (Å²) in [5.41, 5.74) is 3.64. The molecule has 0 radical (unpaired) electrons. The molecule has 0 unspecified atom stereocenters. The molecule has 1 atom stereocenters. The van der Waals surface area contributed by atoms with Gasteiger partial charge < -0.3 is 15.2 Å². The zero-order valence-electron chi connectivity index (χ0n) is 18.0. The molecule has 1 saturated heterocycles. The first-order chi connectivity index (χ1) is 15.6. The Kier molecular flexibility index (Phi) is 5.29. The highest BCUT2D eigenvalue weighted by Crippen LogP contribution is 2.32. The van der Waals surface area contributed by atoms with Crippen molar-refractivity contribution in [1.29, 1.82) is 5.26 Å². The average Bonchev–Trinajstić information content (AvgIpc) is 3.46. The highest BCUT2D eigenvalue weighted by molar-refractivity contribution is 5.79. The number of fused-ring (bicyclic) bond motifs is 1. The van der Waals surface area contributed by atoms with Crippen LogP contribution >= 0.6 is 0 Å². The number of nitriles is 1. The van der Waals surface area contributed by atoms with Gasteiger partial charge in [0, 0.05) is 47.2 Å². The monoisotopic (exact) mass is 428 g/mol. The minimum atomic E-state index is 0.207. The van der Waals surface area contributed by atoms with E-state index >= 15 is 0 Å². The van der Waals surface area contributed by atoms with E-state index in [2.05, 4.69) is 50.8 Å². The lowest BCUT2D eigenvalue weighted by atomic mass is 10.0. The van der Waals surface area contributed by atoms with Crippen LogP contribution in [-0.2, 0) is 0 Å². The highest BCUT2D eigenvalue weighted by Gasteiger charge is 2.21. The second kappa shape index (κ2) is 8.40. The fraction of sp³-hybridized carbons (Fsp3) is 0.348. The van der Waals surface area contributed by atoms with Crippen LogP contribution in [0.3, 0.4) is 0 Å². The number of piperidine rings is 1. The number of rotatable bonds is 5. The Morgan fingerprint density at radius 3 is 2.88 bits per heavy atom. The SMILES string of the molecule is CC(C)Nc1cc(-n2ncc3cc(C#N)cnc32)ncc1-c1cc([C@@H]2CCCCN2)on1. The average molecular weight is 429 g/mol. The van der Waals surface area contributed by atoms with Gasteiger partial charge in [0.05, 0.1) is 17.8 Å². The van der Waals surface area contributed by atoms with Crippen molar-refractivity contribution in [2.24, 2.45) is 0 Å². The maximum Gasteiger partial charge on any atom is 0.164 e. The van der Waals surface area contributed by atoms with Gasteiger partial charge in [0.1, 0.15) is 11.8 Å². The lowest BCUT2D eigenvalue weighted by Crippen LogP contribution is -2.26. The molecule has 0 aromatic carbocycles. The first-order valence-electron chi connectivity index (χ1n) is 10.8. The number of anilines is 1. The summed E-state index contributed by atoms with van der Waals surface area (Å²) in [6.07, 6.45) is 8.45. The lowest BCUT2D eigenvalue weighted by molar-refractivity contribution is 0.305. The Bertz CT molecular complexity index is 1290. The van der Waals surface area contributed by atoms with Crippen LogP contribution in [0.1, 0.15) is 50.5 Å². The van der Waals surface area contributed by atoms with E-state index in [-0.39, 0.29) is 12.1 Å². The zero-order valence-corrected chi connectivity index (χ0v) is 18.0. The molecule has 0 aliphatic carbocycles. The van der Waals surface area contributed by atoms with E-state index < -0.39 is 0 Å². The van der Waals surface area contributed by atoms with Crippen molar-refractivity contribution in [1.82, 2.24) is 30.2 Å². The largest absolute Gasteiger partial charge is 0.382 e. The summed E-state index contributed by atoms with van der Waals surface area (Å²) in [5, 5.41) is 25.7. The second-order valence-electron chi connectivity index (χ2n) is 8.31. The maximum atomic E-state index is 9.11. The van der Waals surface area contributed by atoms with Crippen molar-refractivity contribution in [3.8, 4) is 23.1 Å². The lowest BCUT2D eigenvalue weighted by Gasteiger charge is -2.20. The molecule has 5 heterocycles. The van der Waals surface area contributed by atoms with Crippen LogP contribution in [0.15, 0.2) is 41.3 Å². The molecule has 1 aliphatic heterocycles. The third kappa shape index (κ3) is 3.81. The van der Waals surface area contributed by atoms with Crippen LogP contribution in [0.4, 0.5) is 5.69 Å².